The Bertz CT molecular complexity index is 928. The minimum Gasteiger partial charge on any atom is -0.343 e. The number of nitrogens with one attached hydrogen (secondary N) is 1. The standard InChI is InChI=1S/C19H22N6O/c1-3-10-25-16-7-11-24(19(26)15-6-4-5-13(2)22-15)12-14(16)17(23-25)18-20-8-9-21-18/h4-6,8-9H,3,7,10-12H2,1-2H3,(H,20,21). The second-order valence-electron chi connectivity index (χ2n) is 6.58. The van der Waals surface area contributed by atoms with Gasteiger partial charge in [0.1, 0.15) is 11.4 Å². The summed E-state index contributed by atoms with van der Waals surface area (Å²) in [5.74, 6) is 0.715. The fourth-order valence-corrected chi connectivity index (χ4v) is 3.47. The zero-order valence-corrected chi connectivity index (χ0v) is 15.1. The second kappa shape index (κ2) is 6.74. The van der Waals surface area contributed by atoms with Crippen molar-refractivity contribution in [1.29, 1.82) is 0 Å². The molecule has 0 bridgehead atoms. The first-order valence-electron chi connectivity index (χ1n) is 8.98. The summed E-state index contributed by atoms with van der Waals surface area (Å²) in [4.78, 5) is 26.6. The summed E-state index contributed by atoms with van der Waals surface area (Å²) >= 11 is 0. The van der Waals surface area contributed by atoms with Crippen LogP contribution in [0.2, 0.25) is 0 Å². The molecule has 0 saturated carbocycles. The zero-order valence-electron chi connectivity index (χ0n) is 15.1. The number of pyridine rings is 1. The number of amides is 1. The molecule has 0 atom stereocenters. The van der Waals surface area contributed by atoms with Crippen LogP contribution in [0.4, 0.5) is 0 Å². The number of aromatic nitrogens is 5. The van der Waals surface area contributed by atoms with E-state index in [1.807, 2.05) is 24.0 Å². The molecule has 7 heteroatoms. The van der Waals surface area contributed by atoms with Crippen molar-refractivity contribution in [2.24, 2.45) is 0 Å². The molecule has 1 N–H and O–H groups in total. The first-order chi connectivity index (χ1) is 12.7. The van der Waals surface area contributed by atoms with Crippen LogP contribution in [0.3, 0.4) is 0 Å². The van der Waals surface area contributed by atoms with Crippen LogP contribution in [-0.4, -0.2) is 42.1 Å². The second-order valence-corrected chi connectivity index (χ2v) is 6.58. The number of nitrogens with zero attached hydrogens (tertiary/aromatic N) is 5. The van der Waals surface area contributed by atoms with Gasteiger partial charge in [0.15, 0.2) is 5.82 Å². The Morgan fingerprint density at radius 2 is 2.23 bits per heavy atom. The summed E-state index contributed by atoms with van der Waals surface area (Å²) in [5.41, 5.74) is 4.47. The fourth-order valence-electron chi connectivity index (χ4n) is 3.47. The van der Waals surface area contributed by atoms with E-state index in [1.165, 1.54) is 5.69 Å². The maximum Gasteiger partial charge on any atom is 0.272 e. The molecule has 0 fully saturated rings. The minimum atomic E-state index is -0.0343. The number of carbonyl (C=O) groups excluding carboxylic acids is 1. The van der Waals surface area contributed by atoms with Crippen molar-refractivity contribution in [3.63, 3.8) is 0 Å². The topological polar surface area (TPSA) is 79.7 Å². The van der Waals surface area contributed by atoms with Crippen molar-refractivity contribution in [3.8, 4) is 11.5 Å². The molecule has 134 valence electrons. The van der Waals surface area contributed by atoms with Crippen LogP contribution in [0, 0.1) is 6.92 Å². The third-order valence-electron chi connectivity index (χ3n) is 4.69. The number of aromatic amines is 1. The fraction of sp³-hybridized carbons (Fsp3) is 0.368. The highest BCUT2D eigenvalue weighted by Crippen LogP contribution is 2.29. The molecule has 26 heavy (non-hydrogen) atoms. The molecule has 4 heterocycles. The number of hydrogen-bond donors (Lipinski definition) is 1. The summed E-state index contributed by atoms with van der Waals surface area (Å²) in [6.45, 7) is 6.12. The van der Waals surface area contributed by atoms with Crippen molar-refractivity contribution in [3.05, 3.63) is 53.2 Å². The zero-order chi connectivity index (χ0) is 18.1. The van der Waals surface area contributed by atoms with Crippen LogP contribution in [0.15, 0.2) is 30.6 Å². The van der Waals surface area contributed by atoms with Gasteiger partial charge < -0.3 is 9.88 Å². The minimum absolute atomic E-state index is 0.0343. The van der Waals surface area contributed by atoms with Gasteiger partial charge in [-0.1, -0.05) is 13.0 Å². The molecule has 0 aromatic carbocycles. The highest BCUT2D eigenvalue weighted by atomic mass is 16.2. The van der Waals surface area contributed by atoms with Crippen molar-refractivity contribution >= 4 is 5.91 Å². The third-order valence-corrected chi connectivity index (χ3v) is 4.69. The van der Waals surface area contributed by atoms with Gasteiger partial charge in [-0.05, 0) is 25.5 Å². The van der Waals surface area contributed by atoms with Crippen molar-refractivity contribution in [2.45, 2.75) is 39.8 Å². The van der Waals surface area contributed by atoms with E-state index in [4.69, 9.17) is 5.10 Å². The summed E-state index contributed by atoms with van der Waals surface area (Å²) in [7, 11) is 0. The van der Waals surface area contributed by atoms with Gasteiger partial charge in [0, 0.05) is 48.9 Å². The Kier molecular flexibility index (Phi) is 4.28. The Morgan fingerprint density at radius 1 is 1.35 bits per heavy atom. The SMILES string of the molecule is CCCn1nc(-c2ncc[nH]2)c2c1CCN(C(=O)c1cccc(C)n1)C2. The third kappa shape index (κ3) is 2.89. The van der Waals surface area contributed by atoms with Crippen LogP contribution in [0.25, 0.3) is 11.5 Å². The molecule has 1 aliphatic heterocycles. The van der Waals surface area contributed by atoms with Crippen LogP contribution < -0.4 is 0 Å². The van der Waals surface area contributed by atoms with Crippen LogP contribution in [0.5, 0.6) is 0 Å². The van der Waals surface area contributed by atoms with Gasteiger partial charge in [0.05, 0.1) is 6.54 Å². The number of imidazole rings is 1. The predicted molar refractivity (Wildman–Crippen MR) is 97.5 cm³/mol. The average Bonchev–Trinajstić information content (AvgIpc) is 3.29. The Hall–Kier alpha value is -2.96. The lowest BCUT2D eigenvalue weighted by molar-refractivity contribution is 0.0727. The first kappa shape index (κ1) is 16.5. The highest BCUT2D eigenvalue weighted by molar-refractivity contribution is 5.92. The molecule has 1 amide bonds. The average molecular weight is 350 g/mol. The number of fused-ring (bicyclic) bond motifs is 1. The lowest BCUT2D eigenvalue weighted by Crippen LogP contribution is -2.37. The van der Waals surface area contributed by atoms with E-state index in [2.05, 4.69) is 26.6 Å². The van der Waals surface area contributed by atoms with Crippen LogP contribution >= 0.6 is 0 Å². The van der Waals surface area contributed by atoms with Gasteiger partial charge in [-0.15, -0.1) is 0 Å². The molecule has 3 aromatic rings. The maximum atomic E-state index is 12.9. The van der Waals surface area contributed by atoms with E-state index in [-0.39, 0.29) is 5.91 Å². The highest BCUT2D eigenvalue weighted by Gasteiger charge is 2.29. The molecule has 0 spiro atoms. The smallest absolute Gasteiger partial charge is 0.272 e. The van der Waals surface area contributed by atoms with E-state index in [9.17, 15) is 4.79 Å². The molecule has 0 radical (unpaired) electrons. The van der Waals surface area contributed by atoms with Crippen LogP contribution in [-0.2, 0) is 19.5 Å². The number of aryl methyl sites for hydroxylation is 2. The molecule has 1 aliphatic rings. The lowest BCUT2D eigenvalue weighted by atomic mass is 10.0. The molecular weight excluding hydrogens is 328 g/mol. The molecule has 0 saturated heterocycles. The van der Waals surface area contributed by atoms with Crippen LogP contribution in [0.1, 0.15) is 40.8 Å². The number of H-pyrrole nitrogens is 1. The van der Waals surface area contributed by atoms with E-state index < -0.39 is 0 Å². The number of carbonyl (C=O) groups is 1. The van der Waals surface area contributed by atoms with Gasteiger partial charge in [-0.25, -0.2) is 9.97 Å². The normalized spacial score (nSPS) is 13.7. The molecule has 7 nitrogen and oxygen atoms in total. The van der Waals surface area contributed by atoms with Gasteiger partial charge in [-0.3, -0.25) is 9.48 Å². The molecule has 3 aromatic heterocycles. The maximum absolute atomic E-state index is 12.9. The largest absolute Gasteiger partial charge is 0.343 e. The summed E-state index contributed by atoms with van der Waals surface area (Å²) in [6, 6.07) is 5.55. The lowest BCUT2D eigenvalue weighted by Gasteiger charge is -2.27. The predicted octanol–water partition coefficient (Wildman–Crippen LogP) is 2.59. The quantitative estimate of drug-likeness (QED) is 0.784. The Balaban J connectivity index is 1.68. The van der Waals surface area contributed by atoms with E-state index in [1.54, 1.807) is 18.5 Å². The van der Waals surface area contributed by atoms with Gasteiger partial charge >= 0.3 is 0 Å². The van der Waals surface area contributed by atoms with Gasteiger partial charge in [0.2, 0.25) is 0 Å². The van der Waals surface area contributed by atoms with E-state index in [0.29, 0.717) is 18.8 Å². The summed E-state index contributed by atoms with van der Waals surface area (Å²) in [6.07, 6.45) is 5.33. The first-order valence-corrected chi connectivity index (χ1v) is 8.98. The monoisotopic (exact) mass is 350 g/mol. The van der Waals surface area contributed by atoms with Crippen molar-refractivity contribution < 1.29 is 4.79 Å². The number of rotatable bonds is 4. The molecule has 4 rings (SSSR count). The van der Waals surface area contributed by atoms with Gasteiger partial charge in [0.25, 0.3) is 5.91 Å². The Labute approximate surface area is 152 Å². The van der Waals surface area contributed by atoms with Crippen molar-refractivity contribution in [2.75, 3.05) is 6.54 Å². The van der Waals surface area contributed by atoms with E-state index >= 15 is 0 Å². The molecular formula is C19H22N6O. The van der Waals surface area contributed by atoms with Gasteiger partial charge in [-0.2, -0.15) is 5.10 Å². The van der Waals surface area contributed by atoms with E-state index in [0.717, 1.165) is 42.2 Å². The summed E-state index contributed by atoms with van der Waals surface area (Å²) in [5, 5.41) is 4.77. The Morgan fingerprint density at radius 3 is 2.96 bits per heavy atom. The molecule has 0 aliphatic carbocycles. The summed E-state index contributed by atoms with van der Waals surface area (Å²) < 4.78 is 2.07. The number of hydrogen-bond acceptors (Lipinski definition) is 4. The van der Waals surface area contributed by atoms with Crippen molar-refractivity contribution in [1.82, 2.24) is 29.6 Å². The molecule has 0 unspecified atom stereocenters.